The van der Waals surface area contributed by atoms with Crippen LogP contribution in [-0.2, 0) is 26.6 Å². The van der Waals surface area contributed by atoms with Crippen LogP contribution in [0.25, 0.3) is 0 Å². The molecule has 102 valence electrons. The van der Waals surface area contributed by atoms with Gasteiger partial charge in [0.2, 0.25) is 0 Å². The molecular weight excluding hydrogens is 304 g/mol. The Morgan fingerprint density at radius 3 is 2.79 bits per heavy atom. The predicted molar refractivity (Wildman–Crippen MR) is 79.8 cm³/mol. The molecule has 0 aliphatic heterocycles. The molecule has 4 nitrogen and oxygen atoms in total. The van der Waals surface area contributed by atoms with Gasteiger partial charge in [-0.25, -0.2) is 0 Å². The van der Waals surface area contributed by atoms with Gasteiger partial charge in [0.15, 0.2) is 0 Å². The lowest BCUT2D eigenvalue weighted by Gasteiger charge is -2.08. The van der Waals surface area contributed by atoms with Crippen molar-refractivity contribution in [1.82, 2.24) is 20.1 Å². The molecule has 0 aromatic carbocycles. The highest BCUT2D eigenvalue weighted by molar-refractivity contribution is 9.10. The molecule has 5 heteroatoms. The molecule has 0 unspecified atom stereocenters. The van der Waals surface area contributed by atoms with Gasteiger partial charge in [-0.15, -0.1) is 0 Å². The zero-order valence-electron chi connectivity index (χ0n) is 11.6. The third-order valence-electron chi connectivity index (χ3n) is 3.21. The van der Waals surface area contributed by atoms with Crippen molar-refractivity contribution < 1.29 is 0 Å². The number of aromatic nitrogens is 3. The summed E-state index contributed by atoms with van der Waals surface area (Å²) in [5.41, 5.74) is 4.60. The number of pyridine rings is 1. The van der Waals surface area contributed by atoms with Crippen molar-refractivity contribution >= 4 is 15.9 Å². The van der Waals surface area contributed by atoms with Crippen LogP contribution in [0.15, 0.2) is 22.8 Å². The number of hydrogen-bond donors (Lipinski definition) is 1. The van der Waals surface area contributed by atoms with E-state index >= 15 is 0 Å². The third-order valence-corrected chi connectivity index (χ3v) is 4.24. The SMILES string of the molecule is CCc1cccnc1CNCc1c(Br)c(C)nn1C. The summed E-state index contributed by atoms with van der Waals surface area (Å²) < 4.78 is 2.99. The van der Waals surface area contributed by atoms with E-state index in [0.29, 0.717) is 0 Å². The van der Waals surface area contributed by atoms with Crippen LogP contribution >= 0.6 is 15.9 Å². The van der Waals surface area contributed by atoms with Crippen LogP contribution in [0.4, 0.5) is 0 Å². The summed E-state index contributed by atoms with van der Waals surface area (Å²) in [6.07, 6.45) is 2.86. The van der Waals surface area contributed by atoms with Crippen LogP contribution in [-0.4, -0.2) is 14.8 Å². The van der Waals surface area contributed by atoms with Gasteiger partial charge in [-0.1, -0.05) is 13.0 Å². The van der Waals surface area contributed by atoms with E-state index in [4.69, 9.17) is 0 Å². The fourth-order valence-corrected chi connectivity index (χ4v) is 2.60. The summed E-state index contributed by atoms with van der Waals surface area (Å²) >= 11 is 3.58. The minimum Gasteiger partial charge on any atom is -0.305 e. The topological polar surface area (TPSA) is 42.7 Å². The molecule has 0 radical (unpaired) electrons. The summed E-state index contributed by atoms with van der Waals surface area (Å²) in [6.45, 7) is 5.71. The highest BCUT2D eigenvalue weighted by atomic mass is 79.9. The number of rotatable bonds is 5. The minimum absolute atomic E-state index is 0.775. The minimum atomic E-state index is 0.775. The van der Waals surface area contributed by atoms with E-state index in [1.807, 2.05) is 30.9 Å². The molecule has 2 rings (SSSR count). The number of halogens is 1. The van der Waals surface area contributed by atoms with Gasteiger partial charge >= 0.3 is 0 Å². The predicted octanol–water partition coefficient (Wildman–Crippen LogP) is 2.74. The first kappa shape index (κ1) is 14.2. The second kappa shape index (κ2) is 6.30. The van der Waals surface area contributed by atoms with Crippen molar-refractivity contribution in [1.29, 1.82) is 0 Å². The first-order valence-electron chi connectivity index (χ1n) is 6.45. The molecule has 0 amide bonds. The van der Waals surface area contributed by atoms with Crippen molar-refractivity contribution in [2.45, 2.75) is 33.4 Å². The highest BCUT2D eigenvalue weighted by Crippen LogP contribution is 2.19. The average Bonchev–Trinajstić information content (AvgIpc) is 2.65. The summed E-state index contributed by atoms with van der Waals surface area (Å²) in [7, 11) is 1.97. The second-order valence-electron chi connectivity index (χ2n) is 4.54. The standard InChI is InChI=1S/C14H19BrN4/c1-4-11-6-5-7-17-12(11)8-16-9-13-14(15)10(2)18-19(13)3/h5-7,16H,4,8-9H2,1-3H3. The Labute approximate surface area is 122 Å². The fraction of sp³-hybridized carbons (Fsp3) is 0.429. The van der Waals surface area contributed by atoms with Gasteiger partial charge in [0.1, 0.15) is 0 Å². The highest BCUT2D eigenvalue weighted by Gasteiger charge is 2.10. The fourth-order valence-electron chi connectivity index (χ4n) is 2.12. The Kier molecular flexibility index (Phi) is 4.71. The summed E-state index contributed by atoms with van der Waals surface area (Å²) in [4.78, 5) is 4.43. The van der Waals surface area contributed by atoms with Crippen LogP contribution in [0.1, 0.15) is 29.6 Å². The van der Waals surface area contributed by atoms with Crippen molar-refractivity contribution in [3.05, 3.63) is 45.4 Å². The number of aryl methyl sites for hydroxylation is 3. The average molecular weight is 323 g/mol. The Balaban J connectivity index is 2.00. The van der Waals surface area contributed by atoms with E-state index in [1.54, 1.807) is 0 Å². The van der Waals surface area contributed by atoms with Crippen molar-refractivity contribution in [3.8, 4) is 0 Å². The molecule has 0 atom stereocenters. The lowest BCUT2D eigenvalue weighted by molar-refractivity contribution is 0.614. The first-order valence-corrected chi connectivity index (χ1v) is 7.24. The van der Waals surface area contributed by atoms with Crippen LogP contribution in [0.3, 0.4) is 0 Å². The first-order chi connectivity index (χ1) is 9.13. The van der Waals surface area contributed by atoms with Gasteiger partial charge in [0.25, 0.3) is 0 Å². The summed E-state index contributed by atoms with van der Waals surface area (Å²) in [5.74, 6) is 0. The van der Waals surface area contributed by atoms with E-state index in [2.05, 4.69) is 44.3 Å². The molecule has 0 saturated heterocycles. The van der Waals surface area contributed by atoms with E-state index in [0.717, 1.165) is 41.1 Å². The number of nitrogens with one attached hydrogen (secondary N) is 1. The molecule has 2 aromatic heterocycles. The number of nitrogens with zero attached hydrogens (tertiary/aromatic N) is 3. The maximum Gasteiger partial charge on any atom is 0.0739 e. The molecule has 2 heterocycles. The summed E-state index contributed by atoms with van der Waals surface area (Å²) in [5, 5.41) is 7.82. The third kappa shape index (κ3) is 3.22. The lowest BCUT2D eigenvalue weighted by Crippen LogP contribution is -2.17. The largest absolute Gasteiger partial charge is 0.305 e. The Bertz CT molecular complexity index is 563. The van der Waals surface area contributed by atoms with E-state index in [-0.39, 0.29) is 0 Å². The monoisotopic (exact) mass is 322 g/mol. The molecule has 0 spiro atoms. The van der Waals surface area contributed by atoms with Crippen LogP contribution < -0.4 is 5.32 Å². The van der Waals surface area contributed by atoms with Crippen molar-refractivity contribution in [2.75, 3.05) is 0 Å². The van der Waals surface area contributed by atoms with Gasteiger partial charge < -0.3 is 5.32 Å². The Morgan fingerprint density at radius 2 is 2.16 bits per heavy atom. The molecule has 0 bridgehead atoms. The zero-order valence-corrected chi connectivity index (χ0v) is 13.2. The van der Waals surface area contributed by atoms with Gasteiger partial charge in [-0.3, -0.25) is 9.67 Å². The van der Waals surface area contributed by atoms with Gasteiger partial charge in [0.05, 0.1) is 21.6 Å². The summed E-state index contributed by atoms with van der Waals surface area (Å²) in [6, 6.07) is 4.12. The molecule has 0 aliphatic rings. The number of hydrogen-bond acceptors (Lipinski definition) is 3. The van der Waals surface area contributed by atoms with Gasteiger partial charge in [-0.2, -0.15) is 5.10 Å². The van der Waals surface area contributed by atoms with E-state index in [1.165, 1.54) is 5.56 Å². The molecule has 19 heavy (non-hydrogen) atoms. The van der Waals surface area contributed by atoms with Crippen molar-refractivity contribution in [2.24, 2.45) is 7.05 Å². The van der Waals surface area contributed by atoms with Crippen LogP contribution in [0.5, 0.6) is 0 Å². The quantitative estimate of drug-likeness (QED) is 0.920. The van der Waals surface area contributed by atoms with E-state index in [9.17, 15) is 0 Å². The normalized spacial score (nSPS) is 10.9. The molecular formula is C14H19BrN4. The molecule has 2 aromatic rings. The van der Waals surface area contributed by atoms with Crippen LogP contribution in [0, 0.1) is 6.92 Å². The smallest absolute Gasteiger partial charge is 0.0739 e. The molecule has 0 aliphatic carbocycles. The lowest BCUT2D eigenvalue weighted by atomic mass is 10.1. The Morgan fingerprint density at radius 1 is 1.37 bits per heavy atom. The van der Waals surface area contributed by atoms with Crippen LogP contribution in [0.2, 0.25) is 0 Å². The molecule has 0 fully saturated rings. The van der Waals surface area contributed by atoms with E-state index < -0.39 is 0 Å². The Hall–Kier alpha value is -1.20. The van der Waals surface area contributed by atoms with Gasteiger partial charge in [-0.05, 0) is 40.9 Å². The maximum absolute atomic E-state index is 4.43. The molecule has 0 saturated carbocycles. The zero-order chi connectivity index (χ0) is 13.8. The molecule has 1 N–H and O–H groups in total. The maximum atomic E-state index is 4.43. The van der Waals surface area contributed by atoms with Gasteiger partial charge in [0, 0.05) is 26.3 Å². The second-order valence-corrected chi connectivity index (χ2v) is 5.33. The van der Waals surface area contributed by atoms with Crippen molar-refractivity contribution in [3.63, 3.8) is 0 Å².